The summed E-state index contributed by atoms with van der Waals surface area (Å²) in [7, 11) is 0. The smallest absolute Gasteiger partial charge is 0.311 e. The third-order valence-corrected chi connectivity index (χ3v) is 4.99. The van der Waals surface area contributed by atoms with Gasteiger partial charge in [-0.15, -0.1) is 0 Å². The molecule has 3 N–H and O–H groups in total. The lowest BCUT2D eigenvalue weighted by molar-refractivity contribution is -0.0509. The van der Waals surface area contributed by atoms with E-state index in [4.69, 9.17) is 9.15 Å². The van der Waals surface area contributed by atoms with E-state index in [1.807, 2.05) is 18.2 Å². The molecular weight excluding hydrogens is 369 g/mol. The van der Waals surface area contributed by atoms with Crippen LogP contribution in [0.4, 0.5) is 4.39 Å². The zero-order valence-corrected chi connectivity index (χ0v) is 14.4. The van der Waals surface area contributed by atoms with Crippen LogP contribution in [0.2, 0.25) is 0 Å². The normalized spacial score (nSPS) is 25.1. The molecule has 3 aromatic heterocycles. The van der Waals surface area contributed by atoms with Crippen molar-refractivity contribution >= 4 is 22.0 Å². The van der Waals surface area contributed by atoms with Gasteiger partial charge in [-0.25, -0.2) is 0 Å². The molecule has 1 aliphatic rings. The van der Waals surface area contributed by atoms with Crippen LogP contribution in [0.25, 0.3) is 33.5 Å². The number of fused-ring (bicyclic) bond motifs is 2. The number of hydrogen-bond acceptors (Lipinski definition) is 7. The van der Waals surface area contributed by atoms with Crippen molar-refractivity contribution < 1.29 is 28.9 Å². The first-order valence-electron chi connectivity index (χ1n) is 8.72. The fourth-order valence-electron chi connectivity index (χ4n) is 3.61. The highest BCUT2D eigenvalue weighted by molar-refractivity contribution is 5.92. The summed E-state index contributed by atoms with van der Waals surface area (Å²) in [5, 5.41) is 30.9. The minimum Gasteiger partial charge on any atom is -0.454 e. The molecule has 0 saturated carbocycles. The minimum absolute atomic E-state index is 0.179. The van der Waals surface area contributed by atoms with Crippen LogP contribution in [0.1, 0.15) is 6.23 Å². The van der Waals surface area contributed by atoms with Gasteiger partial charge in [0.25, 0.3) is 0 Å². The highest BCUT2D eigenvalue weighted by atomic mass is 19.1. The molecule has 8 nitrogen and oxygen atoms in total. The minimum atomic E-state index is -1.31. The number of ether oxygens (including phenoxy) is 1. The molecule has 4 aromatic rings. The quantitative estimate of drug-likeness (QED) is 0.459. The molecule has 0 radical (unpaired) electrons. The van der Waals surface area contributed by atoms with Crippen LogP contribution >= 0.6 is 0 Å². The molecule has 0 amide bonds. The van der Waals surface area contributed by atoms with Crippen LogP contribution in [0, 0.1) is 6.08 Å². The molecule has 0 aliphatic carbocycles. The van der Waals surface area contributed by atoms with Crippen molar-refractivity contribution in [1.82, 2.24) is 14.5 Å². The summed E-state index contributed by atoms with van der Waals surface area (Å²) in [4.78, 5) is 7.73. The second-order valence-electron chi connectivity index (χ2n) is 6.68. The molecule has 1 aliphatic heterocycles. The van der Waals surface area contributed by atoms with Crippen LogP contribution in [0.5, 0.6) is 0 Å². The fraction of sp³-hybridized carbons (Fsp3) is 0.263. The van der Waals surface area contributed by atoms with Gasteiger partial charge in [0.2, 0.25) is 0 Å². The lowest BCUT2D eigenvalue weighted by atomic mass is 10.1. The lowest BCUT2D eigenvalue weighted by Crippen LogP contribution is -2.33. The van der Waals surface area contributed by atoms with E-state index in [0.717, 1.165) is 5.39 Å². The van der Waals surface area contributed by atoms with Crippen LogP contribution < -0.4 is 0 Å². The zero-order valence-electron chi connectivity index (χ0n) is 14.4. The van der Waals surface area contributed by atoms with Crippen molar-refractivity contribution in [1.29, 1.82) is 0 Å². The third-order valence-electron chi connectivity index (χ3n) is 4.99. The summed E-state index contributed by atoms with van der Waals surface area (Å²) < 4.78 is 27.0. The standard InChI is InChI=1S/C19H16FN3O5/c20-19-21-14(12-7-9-3-1-2-4-11(9)27-12)10-5-6-23(17(10)22-19)18-16(26)15(25)13(8-24)28-18/h1-7,13,15-16,18,24-26H,8H2/t13-,15-,16-,18-/m1/s1. The Morgan fingerprint density at radius 2 is 1.93 bits per heavy atom. The fourth-order valence-corrected chi connectivity index (χ4v) is 3.61. The first kappa shape index (κ1) is 17.3. The summed E-state index contributed by atoms with van der Waals surface area (Å²) in [6.07, 6.45) is -3.95. The summed E-state index contributed by atoms with van der Waals surface area (Å²) in [6, 6.07) is 10.8. The van der Waals surface area contributed by atoms with Crippen molar-refractivity contribution in [2.75, 3.05) is 6.61 Å². The molecule has 9 heteroatoms. The van der Waals surface area contributed by atoms with Crippen molar-refractivity contribution in [2.24, 2.45) is 0 Å². The number of para-hydroxylation sites is 1. The molecular formula is C19H16FN3O5. The van der Waals surface area contributed by atoms with Gasteiger partial charge < -0.3 is 29.0 Å². The van der Waals surface area contributed by atoms with Gasteiger partial charge in [-0.05, 0) is 18.2 Å². The maximum absolute atomic E-state index is 14.2. The largest absolute Gasteiger partial charge is 0.454 e. The van der Waals surface area contributed by atoms with Crippen LogP contribution in [-0.4, -0.2) is 54.8 Å². The summed E-state index contributed by atoms with van der Waals surface area (Å²) in [5.74, 6) is 0.381. The van der Waals surface area contributed by atoms with E-state index in [0.29, 0.717) is 16.7 Å². The second kappa shape index (κ2) is 6.35. The van der Waals surface area contributed by atoms with Gasteiger partial charge in [-0.1, -0.05) is 18.2 Å². The number of halogens is 1. The first-order valence-corrected chi connectivity index (χ1v) is 8.72. The number of rotatable bonds is 3. The van der Waals surface area contributed by atoms with Crippen molar-refractivity contribution in [3.63, 3.8) is 0 Å². The van der Waals surface area contributed by atoms with Crippen LogP contribution in [0.15, 0.2) is 47.0 Å². The van der Waals surface area contributed by atoms with Gasteiger partial charge in [0, 0.05) is 17.0 Å². The molecule has 0 unspecified atom stereocenters. The van der Waals surface area contributed by atoms with E-state index in [2.05, 4.69) is 9.97 Å². The Labute approximate surface area is 157 Å². The molecule has 1 aromatic carbocycles. The molecule has 28 heavy (non-hydrogen) atoms. The third kappa shape index (κ3) is 2.52. The lowest BCUT2D eigenvalue weighted by Gasteiger charge is -2.17. The SMILES string of the molecule is OC[C@H]1O[C@@H](n2ccc3c(-c4cc5ccccc5o4)nc(F)nc32)[C@H](O)[C@@H]1O. The molecule has 144 valence electrons. The van der Waals surface area contributed by atoms with Gasteiger partial charge in [-0.3, -0.25) is 0 Å². The van der Waals surface area contributed by atoms with Gasteiger partial charge in [0.15, 0.2) is 12.0 Å². The van der Waals surface area contributed by atoms with Crippen LogP contribution in [0.3, 0.4) is 0 Å². The van der Waals surface area contributed by atoms with E-state index in [-0.39, 0.29) is 11.3 Å². The molecule has 4 heterocycles. The average molecular weight is 385 g/mol. The van der Waals surface area contributed by atoms with E-state index in [9.17, 15) is 19.7 Å². The Bertz CT molecular complexity index is 1140. The van der Waals surface area contributed by atoms with E-state index in [1.54, 1.807) is 24.4 Å². The number of aliphatic hydroxyl groups is 3. The molecule has 1 saturated heterocycles. The molecule has 5 rings (SSSR count). The average Bonchev–Trinajstić information content (AvgIpc) is 3.38. The molecule has 1 fully saturated rings. The zero-order chi connectivity index (χ0) is 19.4. The van der Waals surface area contributed by atoms with Gasteiger partial charge in [-0.2, -0.15) is 14.4 Å². The van der Waals surface area contributed by atoms with Gasteiger partial charge in [0.05, 0.1) is 6.61 Å². The number of aromatic nitrogens is 3. The highest BCUT2D eigenvalue weighted by Gasteiger charge is 2.43. The summed E-state index contributed by atoms with van der Waals surface area (Å²) in [6.45, 7) is -0.457. The molecule has 0 spiro atoms. The number of furan rings is 1. The maximum Gasteiger partial charge on any atom is 0.311 e. The monoisotopic (exact) mass is 385 g/mol. The molecule has 0 bridgehead atoms. The Morgan fingerprint density at radius 1 is 1.11 bits per heavy atom. The van der Waals surface area contributed by atoms with Crippen molar-refractivity contribution in [3.05, 3.63) is 48.7 Å². The Hall–Kier alpha value is -2.85. The Balaban J connectivity index is 1.65. The maximum atomic E-state index is 14.2. The van der Waals surface area contributed by atoms with E-state index >= 15 is 0 Å². The summed E-state index contributed by atoms with van der Waals surface area (Å²) in [5.41, 5.74) is 1.09. The van der Waals surface area contributed by atoms with E-state index < -0.39 is 37.2 Å². The van der Waals surface area contributed by atoms with Gasteiger partial charge >= 0.3 is 6.08 Å². The number of aliphatic hydroxyl groups excluding tert-OH is 3. The van der Waals surface area contributed by atoms with E-state index in [1.165, 1.54) is 4.57 Å². The molecule has 4 atom stereocenters. The van der Waals surface area contributed by atoms with Crippen molar-refractivity contribution in [2.45, 2.75) is 24.5 Å². The van der Waals surface area contributed by atoms with Gasteiger partial charge in [0.1, 0.15) is 35.2 Å². The Morgan fingerprint density at radius 3 is 2.68 bits per heavy atom. The number of nitrogens with zero attached hydrogens (tertiary/aromatic N) is 3. The predicted octanol–water partition coefficient (Wildman–Crippen LogP) is 1.60. The predicted molar refractivity (Wildman–Crippen MR) is 95.7 cm³/mol. The number of benzene rings is 1. The first-order chi connectivity index (χ1) is 13.6. The highest BCUT2D eigenvalue weighted by Crippen LogP contribution is 2.35. The number of hydrogen-bond donors (Lipinski definition) is 3. The summed E-state index contributed by atoms with van der Waals surface area (Å²) >= 11 is 0. The topological polar surface area (TPSA) is 114 Å². The van der Waals surface area contributed by atoms with Crippen molar-refractivity contribution in [3.8, 4) is 11.5 Å². The Kier molecular flexibility index (Phi) is 3.91. The van der Waals surface area contributed by atoms with Crippen LogP contribution in [-0.2, 0) is 4.74 Å². The second-order valence-corrected chi connectivity index (χ2v) is 6.68.